The number of rotatable bonds is 10. The smallest absolute Gasteiger partial charge is 0.251 e. The molecule has 0 aliphatic rings. The fourth-order valence-corrected chi connectivity index (χ4v) is 5.77. The van der Waals surface area contributed by atoms with E-state index in [9.17, 15) is 14.7 Å². The Hall–Kier alpha value is -4.24. The van der Waals surface area contributed by atoms with Crippen LogP contribution in [0, 0.1) is 0 Å². The van der Waals surface area contributed by atoms with Gasteiger partial charge in [0.25, 0.3) is 11.5 Å². The van der Waals surface area contributed by atoms with Crippen molar-refractivity contribution >= 4 is 28.4 Å². The zero-order valence-electron chi connectivity index (χ0n) is 24.8. The van der Waals surface area contributed by atoms with Crippen molar-refractivity contribution in [3.05, 3.63) is 123 Å². The molecule has 0 aliphatic heterocycles. The van der Waals surface area contributed by atoms with Gasteiger partial charge in [0, 0.05) is 49.2 Å². The molecule has 0 radical (unpaired) electrons. The Morgan fingerprint density at radius 3 is 2.37 bits per heavy atom. The maximum absolute atomic E-state index is 12.9. The molecule has 222 valence electrons. The number of benzene rings is 3. The Labute approximate surface area is 256 Å². The minimum atomic E-state index is -1.61. The van der Waals surface area contributed by atoms with Crippen LogP contribution in [0.1, 0.15) is 41.0 Å². The van der Waals surface area contributed by atoms with Gasteiger partial charge in [0.15, 0.2) is 5.60 Å². The molecule has 2 aromatic heterocycles. The van der Waals surface area contributed by atoms with E-state index in [1.54, 1.807) is 65.1 Å². The van der Waals surface area contributed by atoms with E-state index in [1.165, 1.54) is 0 Å². The van der Waals surface area contributed by atoms with Gasteiger partial charge in [-0.05, 0) is 71.7 Å². The molecular formula is C34H36ClN5O3. The molecule has 0 fully saturated rings. The first-order chi connectivity index (χ1) is 20.7. The lowest BCUT2D eigenvalue weighted by atomic mass is 9.82. The number of fused-ring (bicyclic) bond motifs is 1. The van der Waals surface area contributed by atoms with E-state index in [1.807, 2.05) is 43.4 Å². The van der Waals surface area contributed by atoms with Crippen molar-refractivity contribution < 1.29 is 9.90 Å². The number of carbonyl (C=O) groups excluding carboxylic acids is 1. The molecule has 2 N–H and O–H groups in total. The van der Waals surface area contributed by atoms with Crippen molar-refractivity contribution in [3.63, 3.8) is 0 Å². The fraction of sp³-hybridized carbons (Fsp3) is 0.265. The van der Waals surface area contributed by atoms with Gasteiger partial charge in [-0.1, -0.05) is 55.8 Å². The van der Waals surface area contributed by atoms with Crippen LogP contribution < -0.4 is 10.9 Å². The summed E-state index contributed by atoms with van der Waals surface area (Å²) in [4.78, 5) is 32.3. The lowest BCUT2D eigenvalue weighted by Crippen LogP contribution is -2.35. The lowest BCUT2D eigenvalue weighted by Gasteiger charge is -2.30. The number of nitrogens with zero attached hydrogens (tertiary/aromatic N) is 4. The van der Waals surface area contributed by atoms with Gasteiger partial charge in [0.2, 0.25) is 0 Å². The molecule has 5 aromatic rings. The van der Waals surface area contributed by atoms with Crippen molar-refractivity contribution in [2.24, 2.45) is 14.1 Å². The van der Waals surface area contributed by atoms with E-state index < -0.39 is 5.60 Å². The summed E-state index contributed by atoms with van der Waals surface area (Å²) in [5, 5.41) is 16.9. The number of halogens is 1. The van der Waals surface area contributed by atoms with E-state index in [0.29, 0.717) is 39.5 Å². The molecule has 0 spiro atoms. The van der Waals surface area contributed by atoms with Crippen LogP contribution in [0.3, 0.4) is 0 Å². The number of amides is 1. The van der Waals surface area contributed by atoms with Gasteiger partial charge in [-0.15, -0.1) is 0 Å². The van der Waals surface area contributed by atoms with Gasteiger partial charge >= 0.3 is 0 Å². The zero-order chi connectivity index (χ0) is 30.7. The van der Waals surface area contributed by atoms with E-state index >= 15 is 0 Å². The Morgan fingerprint density at radius 1 is 1.00 bits per heavy atom. The Morgan fingerprint density at radius 2 is 1.72 bits per heavy atom. The molecule has 1 amide bonds. The number of aliphatic hydroxyl groups is 1. The number of carbonyl (C=O) groups is 1. The van der Waals surface area contributed by atoms with Crippen molar-refractivity contribution in [2.75, 3.05) is 26.2 Å². The third kappa shape index (κ3) is 5.86. The van der Waals surface area contributed by atoms with Crippen molar-refractivity contribution in [1.82, 2.24) is 24.3 Å². The first-order valence-electron chi connectivity index (χ1n) is 14.4. The second-order valence-corrected chi connectivity index (χ2v) is 11.1. The van der Waals surface area contributed by atoms with Gasteiger partial charge in [-0.2, -0.15) is 0 Å². The Kier molecular flexibility index (Phi) is 8.82. The van der Waals surface area contributed by atoms with Gasteiger partial charge in [0.1, 0.15) is 0 Å². The standard InChI is InChI=1S/C34H36ClN5O3/c1-5-40(6-2)17-16-37-33(42)23-10-12-25(13-11-23)34(43,31-21-36-22-38(31)3)26-14-15-30-29(19-26)28(20-32(41)39(30)4)24-8-7-9-27(35)18-24/h7-15,18-22,43H,5-6,16-17H2,1-4H3,(H,37,42). The molecule has 0 aliphatic carbocycles. The number of likely N-dealkylation sites (N-methyl/N-ethyl adjacent to an activating group) is 1. The summed E-state index contributed by atoms with van der Waals surface area (Å²) in [6, 6.07) is 21.5. The first-order valence-corrected chi connectivity index (χ1v) is 14.8. The maximum Gasteiger partial charge on any atom is 0.251 e. The third-order valence-corrected chi connectivity index (χ3v) is 8.40. The van der Waals surface area contributed by atoms with Gasteiger partial charge < -0.3 is 24.5 Å². The van der Waals surface area contributed by atoms with E-state index in [0.717, 1.165) is 36.1 Å². The van der Waals surface area contributed by atoms with Crippen LogP contribution >= 0.6 is 11.6 Å². The summed E-state index contributed by atoms with van der Waals surface area (Å²) < 4.78 is 3.36. The molecule has 0 saturated carbocycles. The number of aromatic nitrogens is 3. The van der Waals surface area contributed by atoms with E-state index in [2.05, 4.69) is 29.0 Å². The monoisotopic (exact) mass is 597 g/mol. The second kappa shape index (κ2) is 12.6. The summed E-state index contributed by atoms with van der Waals surface area (Å²) in [5.74, 6) is -0.166. The molecule has 3 aromatic carbocycles. The minimum Gasteiger partial charge on any atom is -0.374 e. The zero-order valence-corrected chi connectivity index (χ0v) is 25.6. The summed E-state index contributed by atoms with van der Waals surface area (Å²) in [7, 11) is 3.55. The SMILES string of the molecule is CCN(CC)CCNC(=O)c1ccc(C(O)(c2ccc3c(c2)c(-c2cccc(Cl)c2)cc(=O)n3C)c2cncn2C)cc1. The Balaban J connectivity index is 1.59. The Bertz CT molecular complexity index is 1820. The minimum absolute atomic E-state index is 0.150. The summed E-state index contributed by atoms with van der Waals surface area (Å²) in [5.41, 5.74) is 2.69. The lowest BCUT2D eigenvalue weighted by molar-refractivity contribution is 0.0947. The van der Waals surface area contributed by atoms with Crippen molar-refractivity contribution in [3.8, 4) is 11.1 Å². The summed E-state index contributed by atoms with van der Waals surface area (Å²) >= 11 is 6.31. The predicted molar refractivity (Wildman–Crippen MR) is 172 cm³/mol. The van der Waals surface area contributed by atoms with Crippen LogP contribution in [0.15, 0.2) is 90.1 Å². The molecule has 43 heavy (non-hydrogen) atoms. The number of hydrogen-bond donors (Lipinski definition) is 2. The van der Waals surface area contributed by atoms with Crippen LogP contribution in [0.25, 0.3) is 22.0 Å². The quantitative estimate of drug-likeness (QED) is 0.238. The van der Waals surface area contributed by atoms with E-state index in [4.69, 9.17) is 11.6 Å². The average molecular weight is 598 g/mol. The van der Waals surface area contributed by atoms with Crippen LogP contribution in [-0.2, 0) is 19.7 Å². The molecule has 2 heterocycles. The highest BCUT2D eigenvalue weighted by atomic mass is 35.5. The van der Waals surface area contributed by atoms with Crippen LogP contribution in [0.4, 0.5) is 0 Å². The highest BCUT2D eigenvalue weighted by molar-refractivity contribution is 6.30. The molecule has 0 saturated heterocycles. The van der Waals surface area contributed by atoms with E-state index in [-0.39, 0.29) is 11.5 Å². The summed E-state index contributed by atoms with van der Waals surface area (Å²) in [6.07, 6.45) is 3.27. The van der Waals surface area contributed by atoms with Gasteiger partial charge in [0.05, 0.1) is 23.7 Å². The first kappa shape index (κ1) is 30.2. The highest BCUT2D eigenvalue weighted by Crippen LogP contribution is 2.39. The normalized spacial score (nSPS) is 12.9. The number of nitrogens with one attached hydrogen (secondary N) is 1. The number of hydrogen-bond acceptors (Lipinski definition) is 5. The summed E-state index contributed by atoms with van der Waals surface area (Å²) in [6.45, 7) is 7.39. The largest absolute Gasteiger partial charge is 0.374 e. The van der Waals surface area contributed by atoms with Gasteiger partial charge in [-0.3, -0.25) is 9.59 Å². The molecule has 5 rings (SSSR count). The van der Waals surface area contributed by atoms with Crippen LogP contribution in [0.2, 0.25) is 5.02 Å². The second-order valence-electron chi connectivity index (χ2n) is 10.7. The molecule has 0 bridgehead atoms. The fourth-order valence-electron chi connectivity index (χ4n) is 5.58. The van der Waals surface area contributed by atoms with Crippen molar-refractivity contribution in [1.29, 1.82) is 0 Å². The average Bonchev–Trinajstić information content (AvgIpc) is 3.46. The predicted octanol–water partition coefficient (Wildman–Crippen LogP) is 4.95. The molecule has 1 atom stereocenters. The van der Waals surface area contributed by atoms with Crippen LogP contribution in [0.5, 0.6) is 0 Å². The van der Waals surface area contributed by atoms with Gasteiger partial charge in [-0.25, -0.2) is 4.98 Å². The molecule has 1 unspecified atom stereocenters. The molecular weight excluding hydrogens is 562 g/mol. The van der Waals surface area contributed by atoms with Crippen LogP contribution in [-0.4, -0.2) is 56.2 Å². The topological polar surface area (TPSA) is 92.4 Å². The van der Waals surface area contributed by atoms with Crippen molar-refractivity contribution in [2.45, 2.75) is 19.4 Å². The molecule has 8 nitrogen and oxygen atoms in total. The highest BCUT2D eigenvalue weighted by Gasteiger charge is 2.37. The number of aryl methyl sites for hydroxylation is 2. The number of imidazole rings is 1. The maximum atomic E-state index is 12.9. The third-order valence-electron chi connectivity index (χ3n) is 8.16. The molecule has 9 heteroatoms. The number of pyridine rings is 1.